The van der Waals surface area contributed by atoms with Crippen LogP contribution < -0.4 is 10.1 Å². The molecule has 2 aromatic heterocycles. The zero-order valence-corrected chi connectivity index (χ0v) is 17.9. The van der Waals surface area contributed by atoms with Crippen LogP contribution in [0.25, 0.3) is 10.9 Å². The van der Waals surface area contributed by atoms with Crippen molar-refractivity contribution in [2.24, 2.45) is 7.05 Å². The molecular formula is C20H20N6O4S. The molecule has 0 radical (unpaired) electrons. The molecule has 4 rings (SSSR count). The first kappa shape index (κ1) is 20.5. The van der Waals surface area contributed by atoms with Crippen LogP contribution in [0.1, 0.15) is 17.3 Å². The predicted octanol–water partition coefficient (Wildman–Crippen LogP) is 2.63. The molecule has 0 fully saturated rings. The Morgan fingerprint density at radius 1 is 1.16 bits per heavy atom. The standard InChI is InChI=1S/C20H20N6O4S/c1-4-26-12-16-17(23-26)9-13(20(27)22-19-11-21-25(2)24-19)10-18(16)30-14-5-7-15(8-6-14)31(3,28)29/h5-12H,4H2,1-3H3,(H,22,24,27). The normalized spacial score (nSPS) is 11.6. The second-order valence-corrected chi connectivity index (χ2v) is 8.93. The van der Waals surface area contributed by atoms with Crippen molar-refractivity contribution in [2.45, 2.75) is 18.4 Å². The maximum absolute atomic E-state index is 12.8. The Morgan fingerprint density at radius 2 is 1.90 bits per heavy atom. The molecule has 2 heterocycles. The fourth-order valence-corrected chi connectivity index (χ4v) is 3.62. The molecule has 0 saturated carbocycles. The van der Waals surface area contributed by atoms with Gasteiger partial charge in [-0.05, 0) is 43.3 Å². The van der Waals surface area contributed by atoms with Crippen LogP contribution in [0.15, 0.2) is 53.7 Å². The number of hydrogen-bond acceptors (Lipinski definition) is 7. The first-order valence-electron chi connectivity index (χ1n) is 9.40. The van der Waals surface area contributed by atoms with Gasteiger partial charge in [-0.3, -0.25) is 9.48 Å². The van der Waals surface area contributed by atoms with Gasteiger partial charge in [-0.15, -0.1) is 5.10 Å². The first-order chi connectivity index (χ1) is 14.7. The Bertz CT molecular complexity index is 1370. The van der Waals surface area contributed by atoms with Gasteiger partial charge in [0.05, 0.1) is 22.0 Å². The zero-order chi connectivity index (χ0) is 22.2. The van der Waals surface area contributed by atoms with Crippen molar-refractivity contribution in [2.75, 3.05) is 11.6 Å². The number of hydrogen-bond donors (Lipinski definition) is 1. The van der Waals surface area contributed by atoms with Crippen molar-refractivity contribution in [3.63, 3.8) is 0 Å². The first-order valence-corrected chi connectivity index (χ1v) is 11.3. The Kier molecular flexibility index (Phi) is 5.19. The predicted molar refractivity (Wildman–Crippen MR) is 114 cm³/mol. The number of ether oxygens (including phenoxy) is 1. The van der Waals surface area contributed by atoms with Gasteiger partial charge >= 0.3 is 0 Å². The topological polar surface area (TPSA) is 121 Å². The molecule has 0 aliphatic rings. The van der Waals surface area contributed by atoms with Gasteiger partial charge in [0.15, 0.2) is 15.7 Å². The molecule has 0 atom stereocenters. The molecule has 1 N–H and O–H groups in total. The van der Waals surface area contributed by atoms with E-state index in [2.05, 4.69) is 20.6 Å². The molecule has 10 nitrogen and oxygen atoms in total. The average molecular weight is 440 g/mol. The Morgan fingerprint density at radius 3 is 2.52 bits per heavy atom. The number of fused-ring (bicyclic) bond motifs is 1. The lowest BCUT2D eigenvalue weighted by atomic mass is 10.1. The van der Waals surface area contributed by atoms with E-state index in [-0.39, 0.29) is 10.8 Å². The maximum atomic E-state index is 12.8. The Hall–Kier alpha value is -3.73. The minimum Gasteiger partial charge on any atom is -0.457 e. The molecule has 4 aromatic rings. The number of anilines is 1. The summed E-state index contributed by atoms with van der Waals surface area (Å²) in [7, 11) is -1.65. The summed E-state index contributed by atoms with van der Waals surface area (Å²) >= 11 is 0. The van der Waals surface area contributed by atoms with E-state index in [0.29, 0.717) is 34.9 Å². The highest BCUT2D eigenvalue weighted by molar-refractivity contribution is 7.90. The number of amides is 1. The molecule has 0 aliphatic carbocycles. The van der Waals surface area contributed by atoms with E-state index in [1.54, 1.807) is 36.0 Å². The summed E-state index contributed by atoms with van der Waals surface area (Å²) in [5.41, 5.74) is 0.929. The molecule has 1 amide bonds. The van der Waals surface area contributed by atoms with Crippen LogP contribution in [0.3, 0.4) is 0 Å². The van der Waals surface area contributed by atoms with Crippen LogP contribution in [-0.2, 0) is 23.4 Å². The van der Waals surface area contributed by atoms with E-state index in [1.165, 1.54) is 23.1 Å². The Balaban J connectivity index is 1.70. The third-order valence-corrected chi connectivity index (χ3v) is 5.67. The van der Waals surface area contributed by atoms with Crippen molar-refractivity contribution in [3.05, 3.63) is 54.4 Å². The van der Waals surface area contributed by atoms with E-state index in [9.17, 15) is 13.2 Å². The van der Waals surface area contributed by atoms with E-state index in [0.717, 1.165) is 11.6 Å². The van der Waals surface area contributed by atoms with Gasteiger partial charge in [-0.2, -0.15) is 15.0 Å². The molecule has 11 heteroatoms. The van der Waals surface area contributed by atoms with E-state index in [4.69, 9.17) is 4.74 Å². The van der Waals surface area contributed by atoms with Gasteiger partial charge in [0.2, 0.25) is 0 Å². The van der Waals surface area contributed by atoms with Crippen LogP contribution in [-0.4, -0.2) is 45.4 Å². The van der Waals surface area contributed by atoms with Crippen molar-refractivity contribution < 1.29 is 17.9 Å². The monoisotopic (exact) mass is 440 g/mol. The number of aryl methyl sites for hydroxylation is 2. The lowest BCUT2D eigenvalue weighted by Crippen LogP contribution is -2.12. The summed E-state index contributed by atoms with van der Waals surface area (Å²) in [5, 5.41) is 15.9. The number of carbonyl (C=O) groups excluding carboxylic acids is 1. The highest BCUT2D eigenvalue weighted by atomic mass is 32.2. The van der Waals surface area contributed by atoms with E-state index >= 15 is 0 Å². The van der Waals surface area contributed by atoms with Crippen LogP contribution in [0.2, 0.25) is 0 Å². The third-order valence-electron chi connectivity index (χ3n) is 4.54. The summed E-state index contributed by atoms with van der Waals surface area (Å²) in [5.74, 6) is 0.800. The molecular weight excluding hydrogens is 420 g/mol. The van der Waals surface area contributed by atoms with Gasteiger partial charge < -0.3 is 10.1 Å². The lowest BCUT2D eigenvalue weighted by Gasteiger charge is -2.10. The van der Waals surface area contributed by atoms with Crippen molar-refractivity contribution >= 4 is 32.5 Å². The highest BCUT2D eigenvalue weighted by Crippen LogP contribution is 2.32. The molecule has 31 heavy (non-hydrogen) atoms. The maximum Gasteiger partial charge on any atom is 0.257 e. The molecule has 0 spiro atoms. The molecule has 160 valence electrons. The number of nitrogens with one attached hydrogen (secondary N) is 1. The highest BCUT2D eigenvalue weighted by Gasteiger charge is 2.16. The Labute approximate surface area is 178 Å². The summed E-state index contributed by atoms with van der Waals surface area (Å²) in [4.78, 5) is 14.3. The number of rotatable bonds is 6. The van der Waals surface area contributed by atoms with Crippen LogP contribution in [0, 0.1) is 0 Å². The second kappa shape index (κ2) is 7.84. The largest absolute Gasteiger partial charge is 0.457 e. The number of benzene rings is 2. The number of carbonyl (C=O) groups is 1. The van der Waals surface area contributed by atoms with Crippen LogP contribution in [0.4, 0.5) is 5.82 Å². The minimum absolute atomic E-state index is 0.195. The van der Waals surface area contributed by atoms with Crippen molar-refractivity contribution in [1.29, 1.82) is 0 Å². The van der Waals surface area contributed by atoms with Crippen LogP contribution in [0.5, 0.6) is 11.5 Å². The SMILES string of the molecule is CCn1cc2c(Oc3ccc(S(C)(=O)=O)cc3)cc(C(=O)Nc3cnn(C)n3)cc2n1. The quantitative estimate of drug-likeness (QED) is 0.489. The van der Waals surface area contributed by atoms with Gasteiger partial charge in [0.1, 0.15) is 11.5 Å². The third kappa shape index (κ3) is 4.40. The molecule has 0 unspecified atom stereocenters. The zero-order valence-electron chi connectivity index (χ0n) is 17.1. The van der Waals surface area contributed by atoms with Gasteiger partial charge in [-0.1, -0.05) is 0 Å². The van der Waals surface area contributed by atoms with E-state index < -0.39 is 9.84 Å². The minimum atomic E-state index is -3.31. The molecule has 0 aliphatic heterocycles. The fraction of sp³-hybridized carbons (Fsp3) is 0.200. The summed E-state index contributed by atoms with van der Waals surface area (Å²) in [6.07, 6.45) is 4.42. The number of aromatic nitrogens is 5. The summed E-state index contributed by atoms with van der Waals surface area (Å²) in [6.45, 7) is 2.61. The summed E-state index contributed by atoms with van der Waals surface area (Å²) < 4.78 is 31.1. The van der Waals surface area contributed by atoms with Crippen molar-refractivity contribution in [1.82, 2.24) is 24.8 Å². The average Bonchev–Trinajstić information content (AvgIpc) is 3.33. The number of nitrogens with zero attached hydrogens (tertiary/aromatic N) is 5. The van der Waals surface area contributed by atoms with Crippen LogP contribution >= 0.6 is 0 Å². The van der Waals surface area contributed by atoms with Gasteiger partial charge in [0.25, 0.3) is 5.91 Å². The smallest absolute Gasteiger partial charge is 0.257 e. The lowest BCUT2D eigenvalue weighted by molar-refractivity contribution is 0.102. The van der Waals surface area contributed by atoms with Gasteiger partial charge in [0, 0.05) is 31.6 Å². The summed E-state index contributed by atoms with van der Waals surface area (Å²) in [6, 6.07) is 9.37. The molecule has 0 saturated heterocycles. The molecule has 0 bridgehead atoms. The number of sulfone groups is 1. The van der Waals surface area contributed by atoms with Crippen molar-refractivity contribution in [3.8, 4) is 11.5 Å². The second-order valence-electron chi connectivity index (χ2n) is 6.91. The molecule has 2 aromatic carbocycles. The van der Waals surface area contributed by atoms with E-state index in [1.807, 2.05) is 13.1 Å². The fourth-order valence-electron chi connectivity index (χ4n) is 2.99. The van der Waals surface area contributed by atoms with Gasteiger partial charge in [-0.25, -0.2) is 8.42 Å².